The van der Waals surface area contributed by atoms with Crippen molar-refractivity contribution in [3.63, 3.8) is 0 Å². The molecule has 0 aromatic carbocycles. The van der Waals surface area contributed by atoms with Crippen LogP contribution in [0.15, 0.2) is 22.8 Å². The predicted octanol–water partition coefficient (Wildman–Crippen LogP) is 2.44. The van der Waals surface area contributed by atoms with Crippen LogP contribution in [0.25, 0.3) is 0 Å². The lowest BCUT2D eigenvalue weighted by Crippen LogP contribution is -2.39. The highest BCUT2D eigenvalue weighted by molar-refractivity contribution is 5.78. The van der Waals surface area contributed by atoms with Crippen LogP contribution in [-0.2, 0) is 16.1 Å². The summed E-state index contributed by atoms with van der Waals surface area (Å²) < 4.78 is 10.9. The topological polar surface area (TPSA) is 42.7 Å². The number of amides is 1. The van der Waals surface area contributed by atoms with Gasteiger partial charge in [-0.15, -0.1) is 0 Å². The second-order valence-electron chi connectivity index (χ2n) is 5.09. The first-order valence-corrected chi connectivity index (χ1v) is 6.59. The van der Waals surface area contributed by atoms with Gasteiger partial charge in [-0.3, -0.25) is 4.79 Å². The fraction of sp³-hybridized carbons (Fsp3) is 0.643. The van der Waals surface area contributed by atoms with Crippen LogP contribution in [0, 0.1) is 5.92 Å². The summed E-state index contributed by atoms with van der Waals surface area (Å²) in [5.74, 6) is 0.977. The van der Waals surface area contributed by atoms with Gasteiger partial charge in [0.05, 0.1) is 18.9 Å². The summed E-state index contributed by atoms with van der Waals surface area (Å²) in [6, 6.07) is 3.75. The summed E-state index contributed by atoms with van der Waals surface area (Å²) in [7, 11) is 0. The molecule has 18 heavy (non-hydrogen) atoms. The Morgan fingerprint density at radius 2 is 2.39 bits per heavy atom. The smallest absolute Gasteiger partial charge is 0.225 e. The molecule has 1 unspecified atom stereocenters. The Kier molecular flexibility index (Phi) is 4.42. The van der Waals surface area contributed by atoms with E-state index in [0.717, 1.165) is 25.2 Å². The lowest BCUT2D eigenvalue weighted by atomic mass is 10.1. The van der Waals surface area contributed by atoms with Gasteiger partial charge < -0.3 is 14.1 Å². The number of rotatable bonds is 5. The van der Waals surface area contributed by atoms with Gasteiger partial charge in [0, 0.05) is 19.1 Å². The van der Waals surface area contributed by atoms with Crippen LogP contribution in [-0.4, -0.2) is 30.1 Å². The second kappa shape index (κ2) is 6.05. The van der Waals surface area contributed by atoms with Crippen LogP contribution in [0.5, 0.6) is 0 Å². The zero-order chi connectivity index (χ0) is 13.0. The van der Waals surface area contributed by atoms with E-state index < -0.39 is 0 Å². The fourth-order valence-electron chi connectivity index (χ4n) is 2.22. The number of hydrogen-bond donors (Lipinski definition) is 0. The molecule has 4 nitrogen and oxygen atoms in total. The Labute approximate surface area is 108 Å². The molecule has 1 amide bonds. The Morgan fingerprint density at radius 3 is 2.94 bits per heavy atom. The van der Waals surface area contributed by atoms with Crippen LogP contribution in [0.3, 0.4) is 0 Å². The standard InChI is InChI=1S/C14H21NO3/c1-11(2)14(16)15(9-12-5-3-7-17-12)10-13-6-4-8-18-13/h3,5,7,11,13H,4,6,8-10H2,1-2H3. The van der Waals surface area contributed by atoms with E-state index in [2.05, 4.69) is 0 Å². The molecule has 1 aliphatic rings. The quantitative estimate of drug-likeness (QED) is 0.807. The van der Waals surface area contributed by atoms with Gasteiger partial charge in [0.15, 0.2) is 0 Å². The van der Waals surface area contributed by atoms with E-state index in [4.69, 9.17) is 9.15 Å². The van der Waals surface area contributed by atoms with Crippen LogP contribution in [0.4, 0.5) is 0 Å². The molecule has 1 aliphatic heterocycles. The molecule has 4 heteroatoms. The van der Waals surface area contributed by atoms with E-state index in [1.807, 2.05) is 30.9 Å². The average molecular weight is 251 g/mol. The number of hydrogen-bond acceptors (Lipinski definition) is 3. The van der Waals surface area contributed by atoms with E-state index in [0.29, 0.717) is 13.1 Å². The van der Waals surface area contributed by atoms with Gasteiger partial charge in [-0.05, 0) is 25.0 Å². The maximum absolute atomic E-state index is 12.2. The lowest BCUT2D eigenvalue weighted by molar-refractivity contribution is -0.137. The molecule has 0 N–H and O–H groups in total. The summed E-state index contributed by atoms with van der Waals surface area (Å²) in [6.45, 7) is 5.86. The molecule has 100 valence electrons. The average Bonchev–Trinajstić information content (AvgIpc) is 2.99. The van der Waals surface area contributed by atoms with E-state index >= 15 is 0 Å². The molecule has 1 aromatic heterocycles. The Morgan fingerprint density at radius 1 is 1.56 bits per heavy atom. The number of furan rings is 1. The molecule has 0 radical (unpaired) electrons. The third kappa shape index (κ3) is 3.35. The molecule has 1 saturated heterocycles. The molecular weight excluding hydrogens is 230 g/mol. The van der Waals surface area contributed by atoms with Crippen molar-refractivity contribution in [2.45, 2.75) is 39.3 Å². The Hall–Kier alpha value is -1.29. The summed E-state index contributed by atoms with van der Waals surface area (Å²) in [6.07, 6.45) is 3.96. The maximum Gasteiger partial charge on any atom is 0.225 e. The Bertz CT molecular complexity index is 366. The van der Waals surface area contributed by atoms with Crippen LogP contribution < -0.4 is 0 Å². The van der Waals surface area contributed by atoms with Crippen molar-refractivity contribution >= 4 is 5.91 Å². The van der Waals surface area contributed by atoms with Crippen molar-refractivity contribution in [2.24, 2.45) is 5.92 Å². The van der Waals surface area contributed by atoms with E-state index in [1.54, 1.807) is 6.26 Å². The van der Waals surface area contributed by atoms with Gasteiger partial charge in [-0.1, -0.05) is 13.8 Å². The summed E-state index contributed by atoms with van der Waals surface area (Å²) >= 11 is 0. The van der Waals surface area contributed by atoms with Gasteiger partial charge in [0.25, 0.3) is 0 Å². The first-order valence-electron chi connectivity index (χ1n) is 6.59. The van der Waals surface area contributed by atoms with Crippen molar-refractivity contribution in [3.8, 4) is 0 Å². The lowest BCUT2D eigenvalue weighted by Gasteiger charge is -2.26. The zero-order valence-corrected chi connectivity index (χ0v) is 11.1. The normalized spacial score (nSPS) is 19.4. The second-order valence-corrected chi connectivity index (χ2v) is 5.09. The molecule has 0 aliphatic carbocycles. The third-order valence-corrected chi connectivity index (χ3v) is 3.18. The minimum atomic E-state index is 0.00126. The number of ether oxygens (including phenoxy) is 1. The zero-order valence-electron chi connectivity index (χ0n) is 11.1. The minimum absolute atomic E-state index is 0.00126. The van der Waals surface area contributed by atoms with Gasteiger partial charge in [-0.2, -0.15) is 0 Å². The van der Waals surface area contributed by atoms with E-state index in [-0.39, 0.29) is 17.9 Å². The molecular formula is C14H21NO3. The van der Waals surface area contributed by atoms with Crippen LogP contribution in [0.2, 0.25) is 0 Å². The molecule has 1 atom stereocenters. The molecule has 0 spiro atoms. The van der Waals surface area contributed by atoms with Gasteiger partial charge in [0.1, 0.15) is 5.76 Å². The van der Waals surface area contributed by atoms with Crippen molar-refractivity contribution in [1.29, 1.82) is 0 Å². The van der Waals surface area contributed by atoms with Crippen molar-refractivity contribution in [2.75, 3.05) is 13.2 Å². The van der Waals surface area contributed by atoms with Crippen molar-refractivity contribution in [1.82, 2.24) is 4.90 Å². The van der Waals surface area contributed by atoms with Crippen molar-refractivity contribution in [3.05, 3.63) is 24.2 Å². The van der Waals surface area contributed by atoms with Crippen LogP contribution >= 0.6 is 0 Å². The third-order valence-electron chi connectivity index (χ3n) is 3.18. The summed E-state index contributed by atoms with van der Waals surface area (Å²) in [5, 5.41) is 0. The fourth-order valence-corrected chi connectivity index (χ4v) is 2.22. The van der Waals surface area contributed by atoms with Gasteiger partial charge >= 0.3 is 0 Å². The van der Waals surface area contributed by atoms with E-state index in [1.165, 1.54) is 0 Å². The summed E-state index contributed by atoms with van der Waals surface area (Å²) in [4.78, 5) is 14.0. The number of carbonyl (C=O) groups excluding carboxylic acids is 1. The van der Waals surface area contributed by atoms with Gasteiger partial charge in [0.2, 0.25) is 5.91 Å². The minimum Gasteiger partial charge on any atom is -0.467 e. The molecule has 2 heterocycles. The molecule has 0 saturated carbocycles. The van der Waals surface area contributed by atoms with Gasteiger partial charge in [-0.25, -0.2) is 0 Å². The first kappa shape index (κ1) is 13.1. The molecule has 1 fully saturated rings. The Balaban J connectivity index is 1.99. The summed E-state index contributed by atoms with van der Waals surface area (Å²) in [5.41, 5.74) is 0. The number of nitrogens with zero attached hydrogens (tertiary/aromatic N) is 1. The number of carbonyl (C=O) groups is 1. The van der Waals surface area contributed by atoms with Crippen LogP contribution in [0.1, 0.15) is 32.4 Å². The molecule has 1 aromatic rings. The molecule has 0 bridgehead atoms. The van der Waals surface area contributed by atoms with E-state index in [9.17, 15) is 4.79 Å². The highest BCUT2D eigenvalue weighted by Gasteiger charge is 2.24. The SMILES string of the molecule is CC(C)C(=O)N(Cc1ccco1)CC1CCCO1. The first-order chi connectivity index (χ1) is 8.66. The largest absolute Gasteiger partial charge is 0.467 e. The van der Waals surface area contributed by atoms with Crippen molar-refractivity contribution < 1.29 is 13.9 Å². The predicted molar refractivity (Wildman–Crippen MR) is 67.9 cm³/mol. The highest BCUT2D eigenvalue weighted by Crippen LogP contribution is 2.17. The monoisotopic (exact) mass is 251 g/mol. The molecule has 2 rings (SSSR count). The highest BCUT2D eigenvalue weighted by atomic mass is 16.5. The maximum atomic E-state index is 12.2.